The predicted octanol–water partition coefficient (Wildman–Crippen LogP) is 2.56. The molecule has 6 nitrogen and oxygen atoms in total. The van der Waals surface area contributed by atoms with Crippen LogP contribution in [0.2, 0.25) is 0 Å². The van der Waals surface area contributed by atoms with Crippen LogP contribution < -0.4 is 0 Å². The van der Waals surface area contributed by atoms with Gasteiger partial charge in [0.15, 0.2) is 0 Å². The average molecular weight is 375 g/mol. The van der Waals surface area contributed by atoms with Crippen LogP contribution in [0.15, 0.2) is 0 Å². The lowest BCUT2D eigenvalue weighted by Crippen LogP contribution is -2.29. The van der Waals surface area contributed by atoms with E-state index < -0.39 is 0 Å². The van der Waals surface area contributed by atoms with Crippen LogP contribution in [0.1, 0.15) is 56.5 Å². The first-order valence-electron chi connectivity index (χ1n) is 10.4. The van der Waals surface area contributed by atoms with Crippen LogP contribution in [0, 0.1) is 25.7 Å². The molecule has 6 heteroatoms. The molecule has 3 heterocycles. The van der Waals surface area contributed by atoms with Crippen molar-refractivity contribution in [1.29, 1.82) is 0 Å². The molecule has 2 aliphatic heterocycles. The number of hydrogen-bond donors (Lipinski definition) is 0. The lowest BCUT2D eigenvalue weighted by Gasteiger charge is -2.16. The topological polar surface area (TPSA) is 58.4 Å². The van der Waals surface area contributed by atoms with Crippen molar-refractivity contribution in [3.8, 4) is 0 Å². The SMILES string of the molecule is Cc1nn(CCC(=O)N2CCC(C)C2)c(C)c1CCC(=O)N1CCC(C)C1. The van der Waals surface area contributed by atoms with Crippen molar-refractivity contribution < 1.29 is 9.59 Å². The fraction of sp³-hybridized carbons (Fsp3) is 0.762. The number of nitrogens with zero attached hydrogens (tertiary/aromatic N) is 4. The van der Waals surface area contributed by atoms with E-state index in [1.807, 2.05) is 21.4 Å². The monoisotopic (exact) mass is 374 g/mol. The number of carbonyl (C=O) groups is 2. The zero-order chi connectivity index (χ0) is 19.6. The highest BCUT2D eigenvalue weighted by atomic mass is 16.2. The summed E-state index contributed by atoms with van der Waals surface area (Å²) in [7, 11) is 0. The molecule has 0 radical (unpaired) electrons. The molecule has 0 N–H and O–H groups in total. The minimum atomic E-state index is 0.229. The Labute approximate surface area is 162 Å². The van der Waals surface area contributed by atoms with Crippen molar-refractivity contribution >= 4 is 11.8 Å². The zero-order valence-electron chi connectivity index (χ0n) is 17.3. The Morgan fingerprint density at radius 2 is 1.52 bits per heavy atom. The Kier molecular flexibility index (Phi) is 6.22. The third-order valence-corrected chi connectivity index (χ3v) is 6.21. The summed E-state index contributed by atoms with van der Waals surface area (Å²) in [5.41, 5.74) is 3.24. The van der Waals surface area contributed by atoms with Gasteiger partial charge in [0.05, 0.1) is 5.69 Å². The van der Waals surface area contributed by atoms with Crippen molar-refractivity contribution in [3.05, 3.63) is 17.0 Å². The third kappa shape index (κ3) is 4.71. The fourth-order valence-electron chi connectivity index (χ4n) is 4.39. The van der Waals surface area contributed by atoms with Crippen molar-refractivity contribution in [2.24, 2.45) is 11.8 Å². The lowest BCUT2D eigenvalue weighted by atomic mass is 10.1. The van der Waals surface area contributed by atoms with E-state index in [4.69, 9.17) is 0 Å². The Bertz CT molecular complexity index is 697. The van der Waals surface area contributed by atoms with Crippen LogP contribution in [-0.4, -0.2) is 57.6 Å². The summed E-state index contributed by atoms with van der Waals surface area (Å²) < 4.78 is 1.95. The molecule has 2 fully saturated rings. The molecule has 3 rings (SSSR count). The van der Waals surface area contributed by atoms with Gasteiger partial charge in [-0.1, -0.05) is 13.8 Å². The maximum Gasteiger partial charge on any atom is 0.224 e. The molecule has 2 unspecified atom stereocenters. The molecule has 27 heavy (non-hydrogen) atoms. The van der Waals surface area contributed by atoms with Gasteiger partial charge >= 0.3 is 0 Å². The number of aryl methyl sites for hydroxylation is 2. The highest BCUT2D eigenvalue weighted by Gasteiger charge is 2.25. The molecule has 1 aromatic rings. The van der Waals surface area contributed by atoms with E-state index in [9.17, 15) is 9.59 Å². The molecule has 0 aromatic carbocycles. The third-order valence-electron chi connectivity index (χ3n) is 6.21. The Morgan fingerprint density at radius 3 is 2.04 bits per heavy atom. The summed E-state index contributed by atoms with van der Waals surface area (Å²) in [4.78, 5) is 28.8. The maximum atomic E-state index is 12.4. The van der Waals surface area contributed by atoms with Gasteiger partial charge in [-0.2, -0.15) is 5.10 Å². The van der Waals surface area contributed by atoms with Crippen molar-refractivity contribution in [2.45, 2.75) is 66.3 Å². The smallest absolute Gasteiger partial charge is 0.224 e. The molecule has 0 bridgehead atoms. The quantitative estimate of drug-likeness (QED) is 0.769. The number of aromatic nitrogens is 2. The van der Waals surface area contributed by atoms with Gasteiger partial charge in [0, 0.05) is 51.3 Å². The molecule has 150 valence electrons. The summed E-state index contributed by atoms with van der Waals surface area (Å²) in [6.45, 7) is 12.7. The number of amides is 2. The van der Waals surface area contributed by atoms with Crippen LogP contribution in [0.3, 0.4) is 0 Å². The summed E-state index contributed by atoms with van der Waals surface area (Å²) >= 11 is 0. The fourth-order valence-corrected chi connectivity index (χ4v) is 4.39. The van der Waals surface area contributed by atoms with E-state index in [-0.39, 0.29) is 11.8 Å². The Balaban J connectivity index is 1.53. The lowest BCUT2D eigenvalue weighted by molar-refractivity contribution is -0.131. The minimum Gasteiger partial charge on any atom is -0.342 e. The van der Waals surface area contributed by atoms with Crippen molar-refractivity contribution in [2.75, 3.05) is 26.2 Å². The summed E-state index contributed by atoms with van der Waals surface area (Å²) in [5.74, 6) is 1.72. The highest BCUT2D eigenvalue weighted by molar-refractivity contribution is 5.77. The van der Waals surface area contributed by atoms with E-state index in [2.05, 4.69) is 25.9 Å². The molecule has 2 saturated heterocycles. The summed E-state index contributed by atoms with van der Waals surface area (Å²) in [6.07, 6.45) is 4.01. The van der Waals surface area contributed by atoms with Crippen LogP contribution in [0.4, 0.5) is 0 Å². The van der Waals surface area contributed by atoms with Gasteiger partial charge in [0.1, 0.15) is 0 Å². The van der Waals surface area contributed by atoms with Gasteiger partial charge in [-0.05, 0) is 50.5 Å². The molecule has 2 aliphatic rings. The van der Waals surface area contributed by atoms with Gasteiger partial charge in [-0.3, -0.25) is 14.3 Å². The summed E-state index contributed by atoms with van der Waals surface area (Å²) in [6, 6.07) is 0. The van der Waals surface area contributed by atoms with Crippen LogP contribution in [0.5, 0.6) is 0 Å². The second-order valence-electron chi connectivity index (χ2n) is 8.59. The van der Waals surface area contributed by atoms with Gasteiger partial charge in [0.25, 0.3) is 0 Å². The molecular weight excluding hydrogens is 340 g/mol. The van der Waals surface area contributed by atoms with E-state index in [0.29, 0.717) is 31.2 Å². The number of likely N-dealkylation sites (tertiary alicyclic amines) is 2. The first-order valence-corrected chi connectivity index (χ1v) is 10.4. The largest absolute Gasteiger partial charge is 0.342 e. The molecular formula is C21H34N4O2. The molecule has 2 atom stereocenters. The minimum absolute atomic E-state index is 0.229. The first-order chi connectivity index (χ1) is 12.8. The molecule has 0 spiro atoms. The Morgan fingerprint density at radius 1 is 0.963 bits per heavy atom. The summed E-state index contributed by atoms with van der Waals surface area (Å²) in [5, 5.41) is 4.63. The molecule has 1 aromatic heterocycles. The highest BCUT2D eigenvalue weighted by Crippen LogP contribution is 2.20. The van der Waals surface area contributed by atoms with E-state index in [0.717, 1.165) is 62.4 Å². The number of hydrogen-bond acceptors (Lipinski definition) is 3. The Hall–Kier alpha value is -1.85. The van der Waals surface area contributed by atoms with E-state index in [1.165, 1.54) is 0 Å². The number of carbonyl (C=O) groups excluding carboxylic acids is 2. The first kappa shape index (κ1) is 19.9. The van der Waals surface area contributed by atoms with Crippen LogP contribution in [0.25, 0.3) is 0 Å². The van der Waals surface area contributed by atoms with E-state index in [1.54, 1.807) is 0 Å². The standard InChI is InChI=1S/C21H34N4O2/c1-15-7-10-23(13-15)20(26)6-5-19-17(3)22-25(18(19)4)12-9-21(27)24-11-8-16(2)14-24/h15-16H,5-14H2,1-4H3. The molecule has 0 aliphatic carbocycles. The van der Waals surface area contributed by atoms with Gasteiger partial charge in [0.2, 0.25) is 11.8 Å². The van der Waals surface area contributed by atoms with Gasteiger partial charge in [-0.15, -0.1) is 0 Å². The maximum absolute atomic E-state index is 12.4. The average Bonchev–Trinajstić information content (AvgIpc) is 3.32. The van der Waals surface area contributed by atoms with Crippen molar-refractivity contribution in [1.82, 2.24) is 19.6 Å². The number of rotatable bonds is 6. The van der Waals surface area contributed by atoms with Crippen LogP contribution in [-0.2, 0) is 22.6 Å². The van der Waals surface area contributed by atoms with Gasteiger partial charge in [-0.25, -0.2) is 0 Å². The second-order valence-corrected chi connectivity index (χ2v) is 8.59. The van der Waals surface area contributed by atoms with Crippen LogP contribution >= 0.6 is 0 Å². The normalized spacial score (nSPS) is 22.7. The zero-order valence-corrected chi connectivity index (χ0v) is 17.3. The van der Waals surface area contributed by atoms with Gasteiger partial charge < -0.3 is 9.80 Å². The van der Waals surface area contributed by atoms with E-state index >= 15 is 0 Å². The molecule has 0 saturated carbocycles. The second kappa shape index (κ2) is 8.44. The predicted molar refractivity (Wildman–Crippen MR) is 105 cm³/mol. The molecule has 2 amide bonds. The van der Waals surface area contributed by atoms with Crippen molar-refractivity contribution in [3.63, 3.8) is 0 Å².